The Labute approximate surface area is 196 Å². The quantitative estimate of drug-likeness (QED) is 0.161. The van der Waals surface area contributed by atoms with Gasteiger partial charge in [0.25, 0.3) is 0 Å². The molecule has 0 heterocycles. The number of nitrogens with two attached hydrogens (primary N) is 2. The summed E-state index contributed by atoms with van der Waals surface area (Å²) >= 11 is 2.48. The lowest BCUT2D eigenvalue weighted by Crippen LogP contribution is -2.14. The molecule has 4 aromatic rings. The number of alkyl halides is 1. The highest BCUT2D eigenvalue weighted by molar-refractivity contribution is 14.1. The van der Waals surface area contributed by atoms with Crippen molar-refractivity contribution in [2.75, 3.05) is 11.5 Å². The van der Waals surface area contributed by atoms with E-state index in [0.717, 1.165) is 23.0 Å². The van der Waals surface area contributed by atoms with Crippen molar-refractivity contribution in [2.24, 2.45) is 0 Å². The summed E-state index contributed by atoms with van der Waals surface area (Å²) < 4.78 is 11.6. The first kappa shape index (κ1) is 21.1. The molecule has 156 valence electrons. The van der Waals surface area contributed by atoms with Crippen molar-refractivity contribution in [1.82, 2.24) is 0 Å². The lowest BCUT2D eigenvalue weighted by molar-refractivity contribution is 0.482. The summed E-state index contributed by atoms with van der Waals surface area (Å²) in [4.78, 5) is 0. The van der Waals surface area contributed by atoms with Crippen molar-refractivity contribution in [1.29, 1.82) is 0 Å². The van der Waals surface area contributed by atoms with Crippen LogP contribution in [0.1, 0.15) is 18.1 Å². The van der Waals surface area contributed by atoms with Crippen LogP contribution in [0.5, 0.6) is 23.0 Å². The molecule has 4 N–H and O–H groups in total. The van der Waals surface area contributed by atoms with Crippen molar-refractivity contribution >= 4 is 34.0 Å². The minimum atomic E-state index is -0.197. The molecule has 0 fully saturated rings. The molecule has 0 spiro atoms. The zero-order valence-corrected chi connectivity index (χ0v) is 19.2. The van der Waals surface area contributed by atoms with Gasteiger partial charge in [-0.05, 0) is 90.8 Å². The van der Waals surface area contributed by atoms with Gasteiger partial charge in [0, 0.05) is 11.4 Å². The first-order valence-corrected chi connectivity index (χ1v) is 10.9. The topological polar surface area (TPSA) is 70.5 Å². The van der Waals surface area contributed by atoms with Gasteiger partial charge in [-0.15, -0.1) is 0 Å². The Morgan fingerprint density at radius 3 is 1.06 bits per heavy atom. The number of benzene rings is 4. The van der Waals surface area contributed by atoms with Gasteiger partial charge in [0.15, 0.2) is 0 Å². The van der Waals surface area contributed by atoms with Crippen molar-refractivity contribution in [3.63, 3.8) is 0 Å². The Balaban J connectivity index is 1.46. The molecule has 0 saturated heterocycles. The first-order chi connectivity index (χ1) is 14.9. The Morgan fingerprint density at radius 2 is 0.774 bits per heavy atom. The van der Waals surface area contributed by atoms with Crippen LogP contribution < -0.4 is 20.9 Å². The molecule has 0 amide bonds. The minimum Gasteiger partial charge on any atom is -0.457 e. The van der Waals surface area contributed by atoms with E-state index >= 15 is 0 Å². The molecule has 0 bridgehead atoms. The Morgan fingerprint density at radius 1 is 0.516 bits per heavy atom. The molecule has 4 aromatic carbocycles. The number of anilines is 2. The number of hydrogen-bond donors (Lipinski definition) is 2. The van der Waals surface area contributed by atoms with Crippen molar-refractivity contribution in [3.8, 4) is 23.0 Å². The summed E-state index contributed by atoms with van der Waals surface area (Å²) in [5.41, 5.74) is 15.3. The average molecular weight is 522 g/mol. The van der Waals surface area contributed by atoms with Crippen LogP contribution in [0, 0.1) is 0 Å². The van der Waals surface area contributed by atoms with Crippen LogP contribution >= 0.6 is 22.6 Å². The predicted molar refractivity (Wildman–Crippen MR) is 135 cm³/mol. The van der Waals surface area contributed by atoms with Crippen LogP contribution in [0.3, 0.4) is 0 Å². The maximum absolute atomic E-state index is 5.90. The van der Waals surface area contributed by atoms with E-state index in [1.165, 1.54) is 11.1 Å². The average Bonchev–Trinajstić information content (AvgIpc) is 2.78. The molecule has 0 radical (unpaired) electrons. The van der Waals surface area contributed by atoms with Gasteiger partial charge < -0.3 is 20.9 Å². The summed E-state index contributed by atoms with van der Waals surface area (Å²) in [7, 11) is 0. The zero-order valence-electron chi connectivity index (χ0n) is 17.1. The van der Waals surface area contributed by atoms with Gasteiger partial charge in [-0.2, -0.15) is 0 Å². The third-order valence-corrected chi connectivity index (χ3v) is 6.27. The molecule has 4 nitrogen and oxygen atoms in total. The van der Waals surface area contributed by atoms with E-state index in [-0.39, 0.29) is 3.42 Å². The lowest BCUT2D eigenvalue weighted by Gasteiger charge is -2.24. The van der Waals surface area contributed by atoms with Crippen LogP contribution in [-0.2, 0) is 3.42 Å². The molecule has 5 heteroatoms. The normalized spacial score (nSPS) is 11.2. The van der Waals surface area contributed by atoms with Gasteiger partial charge in [-0.1, -0.05) is 46.9 Å². The molecule has 0 atom stereocenters. The summed E-state index contributed by atoms with van der Waals surface area (Å²) in [6, 6.07) is 31.1. The summed E-state index contributed by atoms with van der Waals surface area (Å²) in [6.45, 7) is 2.19. The maximum atomic E-state index is 5.90. The smallest absolute Gasteiger partial charge is 0.127 e. The van der Waals surface area contributed by atoms with E-state index in [9.17, 15) is 0 Å². The maximum Gasteiger partial charge on any atom is 0.127 e. The number of hydrogen-bond acceptors (Lipinski definition) is 4. The third-order valence-electron chi connectivity index (χ3n) is 5.02. The first-order valence-electron chi connectivity index (χ1n) is 9.87. The van der Waals surface area contributed by atoms with E-state index in [4.69, 9.17) is 20.9 Å². The predicted octanol–water partition coefficient (Wildman–Crippen LogP) is 7.13. The second-order valence-corrected chi connectivity index (χ2v) is 9.55. The molecular formula is C26H23IN2O2. The van der Waals surface area contributed by atoms with Crippen LogP contribution in [0.4, 0.5) is 11.4 Å². The van der Waals surface area contributed by atoms with Crippen LogP contribution in [0.15, 0.2) is 97.1 Å². The fourth-order valence-electron chi connectivity index (χ4n) is 3.18. The summed E-state index contributed by atoms with van der Waals surface area (Å²) in [6.07, 6.45) is 0. The molecule has 0 unspecified atom stereocenters. The molecule has 4 rings (SSSR count). The number of halogens is 1. The molecular weight excluding hydrogens is 499 g/mol. The van der Waals surface area contributed by atoms with E-state index in [1.807, 2.05) is 72.8 Å². The second-order valence-electron chi connectivity index (χ2n) is 7.39. The molecule has 0 aliphatic rings. The third kappa shape index (κ3) is 5.11. The van der Waals surface area contributed by atoms with Gasteiger partial charge in [0.1, 0.15) is 23.0 Å². The van der Waals surface area contributed by atoms with Crippen LogP contribution in [-0.4, -0.2) is 0 Å². The van der Waals surface area contributed by atoms with E-state index in [2.05, 4.69) is 53.8 Å². The van der Waals surface area contributed by atoms with Gasteiger partial charge in [0.2, 0.25) is 0 Å². The summed E-state index contributed by atoms with van der Waals surface area (Å²) in [5, 5.41) is 0. The fourth-order valence-corrected chi connectivity index (χ4v) is 3.90. The second kappa shape index (κ2) is 8.89. The Kier molecular flexibility index (Phi) is 6.04. The lowest BCUT2D eigenvalue weighted by atomic mass is 9.93. The van der Waals surface area contributed by atoms with E-state index < -0.39 is 0 Å². The number of nitrogen functional groups attached to an aromatic ring is 2. The van der Waals surface area contributed by atoms with Gasteiger partial charge in [-0.25, -0.2) is 0 Å². The Hall–Kier alpha value is -3.19. The molecule has 0 aliphatic carbocycles. The van der Waals surface area contributed by atoms with Crippen molar-refractivity contribution in [3.05, 3.63) is 108 Å². The van der Waals surface area contributed by atoms with E-state index in [1.54, 1.807) is 0 Å². The minimum absolute atomic E-state index is 0.197. The zero-order chi connectivity index (χ0) is 21.8. The van der Waals surface area contributed by atoms with Crippen LogP contribution in [0.25, 0.3) is 0 Å². The number of ether oxygens (including phenoxy) is 2. The monoisotopic (exact) mass is 522 g/mol. The molecule has 0 aromatic heterocycles. The largest absolute Gasteiger partial charge is 0.457 e. The van der Waals surface area contributed by atoms with E-state index in [0.29, 0.717) is 11.4 Å². The van der Waals surface area contributed by atoms with Crippen molar-refractivity contribution in [2.45, 2.75) is 10.3 Å². The Bertz CT molecular complexity index is 1050. The SMILES string of the molecule is CC(I)(c1ccc(Oc2ccc(N)cc2)cc1)c1ccc(Oc2ccc(N)cc2)cc1. The van der Waals surface area contributed by atoms with Gasteiger partial charge in [-0.3, -0.25) is 0 Å². The van der Waals surface area contributed by atoms with Crippen molar-refractivity contribution < 1.29 is 9.47 Å². The molecule has 31 heavy (non-hydrogen) atoms. The van der Waals surface area contributed by atoms with Gasteiger partial charge >= 0.3 is 0 Å². The molecule has 0 aliphatic heterocycles. The summed E-state index contributed by atoms with van der Waals surface area (Å²) in [5.74, 6) is 3.09. The van der Waals surface area contributed by atoms with Gasteiger partial charge in [0.05, 0.1) is 3.42 Å². The number of rotatable bonds is 6. The fraction of sp³-hybridized carbons (Fsp3) is 0.0769. The highest BCUT2D eigenvalue weighted by Gasteiger charge is 2.25. The molecule has 0 saturated carbocycles. The van der Waals surface area contributed by atoms with Crippen LogP contribution in [0.2, 0.25) is 0 Å². The highest BCUT2D eigenvalue weighted by Crippen LogP contribution is 2.40. The highest BCUT2D eigenvalue weighted by atomic mass is 127. The standard InChI is InChI=1S/C26H23IN2O2/c1-26(27,18-2-10-22(11-3-18)30-24-14-6-20(28)7-15-24)19-4-12-23(13-5-19)31-25-16-8-21(29)9-17-25/h2-17H,28-29H2,1H3.